The molecule has 0 unspecified atom stereocenters. The Hall–Kier alpha value is -1.89. The second-order valence-corrected chi connectivity index (χ2v) is 7.74. The quantitative estimate of drug-likeness (QED) is 0.777. The van der Waals surface area contributed by atoms with E-state index in [1.54, 1.807) is 18.4 Å². The van der Waals surface area contributed by atoms with Crippen LogP contribution >= 0.6 is 11.3 Å². The summed E-state index contributed by atoms with van der Waals surface area (Å²) in [5, 5.41) is 2.04. The van der Waals surface area contributed by atoms with Gasteiger partial charge >= 0.3 is 0 Å². The van der Waals surface area contributed by atoms with Gasteiger partial charge in [-0.15, -0.1) is 11.3 Å². The van der Waals surface area contributed by atoms with Crippen molar-refractivity contribution >= 4 is 22.9 Å². The van der Waals surface area contributed by atoms with Gasteiger partial charge in [0.1, 0.15) is 5.75 Å². The van der Waals surface area contributed by atoms with E-state index in [4.69, 9.17) is 9.47 Å². The standard InChI is InChI=1S/C20H26N2O3S/c1-15-11-21(12-16(2)25-15)14-20(23)22(13-19-5-4-10-26-19)17-6-8-18(24-3)9-7-17/h4-10,15-16H,11-14H2,1-3H3/t15-,16-/m1/s1. The van der Waals surface area contributed by atoms with Crippen LogP contribution in [0.5, 0.6) is 5.75 Å². The van der Waals surface area contributed by atoms with Crippen LogP contribution in [0.4, 0.5) is 5.69 Å². The third-order valence-corrected chi connectivity index (χ3v) is 5.29. The fourth-order valence-electron chi connectivity index (χ4n) is 3.33. The first kappa shape index (κ1) is 18.9. The Morgan fingerprint density at radius 2 is 1.92 bits per heavy atom. The number of methoxy groups -OCH3 is 1. The fourth-order valence-corrected chi connectivity index (χ4v) is 4.03. The van der Waals surface area contributed by atoms with Crippen LogP contribution in [0.1, 0.15) is 18.7 Å². The molecule has 1 saturated heterocycles. The van der Waals surface area contributed by atoms with Gasteiger partial charge in [0.15, 0.2) is 0 Å². The number of rotatable bonds is 6. The second kappa shape index (κ2) is 8.66. The summed E-state index contributed by atoms with van der Waals surface area (Å²) in [5.41, 5.74) is 0.888. The maximum atomic E-state index is 13.1. The van der Waals surface area contributed by atoms with E-state index in [2.05, 4.69) is 24.8 Å². The van der Waals surface area contributed by atoms with Crippen molar-refractivity contribution in [3.8, 4) is 5.75 Å². The Kier molecular flexibility index (Phi) is 6.29. The van der Waals surface area contributed by atoms with Gasteiger partial charge in [0.05, 0.1) is 32.4 Å². The summed E-state index contributed by atoms with van der Waals surface area (Å²) >= 11 is 1.67. The first-order chi connectivity index (χ1) is 12.5. The molecule has 1 aromatic carbocycles. The number of hydrogen-bond acceptors (Lipinski definition) is 5. The summed E-state index contributed by atoms with van der Waals surface area (Å²) in [6.45, 7) is 6.66. The summed E-state index contributed by atoms with van der Waals surface area (Å²) < 4.78 is 11.0. The van der Waals surface area contributed by atoms with Gasteiger partial charge in [0, 0.05) is 23.7 Å². The topological polar surface area (TPSA) is 42.0 Å². The third-order valence-electron chi connectivity index (χ3n) is 4.43. The molecule has 0 aliphatic carbocycles. The number of nitrogens with zero attached hydrogens (tertiary/aromatic N) is 2. The number of amides is 1. The highest BCUT2D eigenvalue weighted by molar-refractivity contribution is 7.09. The van der Waals surface area contributed by atoms with Crippen molar-refractivity contribution in [2.75, 3.05) is 31.6 Å². The molecule has 1 amide bonds. The Balaban J connectivity index is 1.76. The Bertz CT molecular complexity index is 692. The summed E-state index contributed by atoms with van der Waals surface area (Å²) in [6, 6.07) is 11.7. The number of carbonyl (C=O) groups is 1. The van der Waals surface area contributed by atoms with Crippen LogP contribution in [0.25, 0.3) is 0 Å². The van der Waals surface area contributed by atoms with Gasteiger partial charge in [0.25, 0.3) is 0 Å². The third kappa shape index (κ3) is 4.84. The summed E-state index contributed by atoms with van der Waals surface area (Å²) in [7, 11) is 1.64. The number of morpholine rings is 1. The highest BCUT2D eigenvalue weighted by atomic mass is 32.1. The number of carbonyl (C=O) groups excluding carboxylic acids is 1. The molecule has 2 heterocycles. The van der Waals surface area contributed by atoms with Crippen molar-refractivity contribution in [1.29, 1.82) is 0 Å². The lowest BCUT2D eigenvalue weighted by Crippen LogP contribution is -2.49. The zero-order valence-corrected chi connectivity index (χ0v) is 16.4. The number of benzene rings is 1. The minimum atomic E-state index is 0.102. The molecular weight excluding hydrogens is 348 g/mol. The number of hydrogen-bond donors (Lipinski definition) is 0. The molecule has 3 rings (SSSR count). The summed E-state index contributed by atoms with van der Waals surface area (Å²) in [6.07, 6.45) is 0.302. The van der Waals surface area contributed by atoms with Crippen molar-refractivity contribution in [1.82, 2.24) is 4.90 Å². The molecule has 6 heteroatoms. The average molecular weight is 375 g/mol. The van der Waals surface area contributed by atoms with Gasteiger partial charge in [-0.25, -0.2) is 0 Å². The second-order valence-electron chi connectivity index (χ2n) is 6.71. The molecule has 1 aliphatic heterocycles. The van der Waals surface area contributed by atoms with Gasteiger partial charge < -0.3 is 14.4 Å². The molecule has 0 saturated carbocycles. The maximum absolute atomic E-state index is 13.1. The molecule has 0 bridgehead atoms. The molecule has 1 aliphatic rings. The van der Waals surface area contributed by atoms with E-state index in [1.807, 2.05) is 40.6 Å². The number of anilines is 1. The molecule has 26 heavy (non-hydrogen) atoms. The van der Waals surface area contributed by atoms with Crippen molar-refractivity contribution in [2.45, 2.75) is 32.6 Å². The lowest BCUT2D eigenvalue weighted by Gasteiger charge is -2.36. The molecule has 2 aromatic rings. The van der Waals surface area contributed by atoms with E-state index in [0.717, 1.165) is 29.4 Å². The highest BCUT2D eigenvalue weighted by Gasteiger charge is 2.26. The van der Waals surface area contributed by atoms with E-state index in [0.29, 0.717) is 13.1 Å². The zero-order chi connectivity index (χ0) is 18.5. The average Bonchev–Trinajstić information content (AvgIpc) is 3.12. The fraction of sp³-hybridized carbons (Fsp3) is 0.450. The van der Waals surface area contributed by atoms with Gasteiger partial charge in [-0.05, 0) is 49.6 Å². The Morgan fingerprint density at radius 1 is 1.23 bits per heavy atom. The predicted octanol–water partition coefficient (Wildman–Crippen LogP) is 3.40. The Labute approximate surface area is 159 Å². The van der Waals surface area contributed by atoms with Gasteiger partial charge in [0.2, 0.25) is 5.91 Å². The van der Waals surface area contributed by atoms with Gasteiger partial charge in [-0.3, -0.25) is 9.69 Å². The SMILES string of the molecule is COc1ccc(N(Cc2cccs2)C(=O)CN2C[C@@H](C)O[C@H](C)C2)cc1. The first-order valence-corrected chi connectivity index (χ1v) is 9.77. The minimum absolute atomic E-state index is 0.102. The summed E-state index contributed by atoms with van der Waals surface area (Å²) in [4.78, 5) is 18.3. The zero-order valence-electron chi connectivity index (χ0n) is 15.6. The molecular formula is C20H26N2O3S. The molecule has 1 fully saturated rings. The van der Waals surface area contributed by atoms with Crippen LogP contribution in [0, 0.1) is 0 Å². The van der Waals surface area contributed by atoms with Crippen molar-refractivity contribution in [3.63, 3.8) is 0 Å². The molecule has 0 radical (unpaired) electrons. The molecule has 0 spiro atoms. The highest BCUT2D eigenvalue weighted by Crippen LogP contribution is 2.23. The summed E-state index contributed by atoms with van der Waals surface area (Å²) in [5.74, 6) is 0.887. The number of ether oxygens (including phenoxy) is 2. The van der Waals surface area contributed by atoms with E-state index in [1.165, 1.54) is 0 Å². The van der Waals surface area contributed by atoms with E-state index >= 15 is 0 Å². The largest absolute Gasteiger partial charge is 0.497 e. The molecule has 5 nitrogen and oxygen atoms in total. The lowest BCUT2D eigenvalue weighted by molar-refractivity contribution is -0.123. The lowest BCUT2D eigenvalue weighted by atomic mass is 10.2. The normalized spacial score (nSPS) is 20.7. The van der Waals surface area contributed by atoms with Gasteiger partial charge in [-0.2, -0.15) is 0 Å². The van der Waals surface area contributed by atoms with Crippen LogP contribution in [0.2, 0.25) is 0 Å². The monoisotopic (exact) mass is 374 g/mol. The molecule has 0 N–H and O–H groups in total. The van der Waals surface area contributed by atoms with Crippen molar-refractivity contribution in [3.05, 3.63) is 46.7 Å². The first-order valence-electron chi connectivity index (χ1n) is 8.89. The van der Waals surface area contributed by atoms with Crippen LogP contribution in [-0.4, -0.2) is 49.8 Å². The van der Waals surface area contributed by atoms with Crippen LogP contribution in [0.3, 0.4) is 0 Å². The smallest absolute Gasteiger partial charge is 0.241 e. The minimum Gasteiger partial charge on any atom is -0.497 e. The van der Waals surface area contributed by atoms with E-state index in [9.17, 15) is 4.79 Å². The molecule has 140 valence electrons. The molecule has 1 aromatic heterocycles. The van der Waals surface area contributed by atoms with Crippen LogP contribution < -0.4 is 9.64 Å². The number of thiophene rings is 1. The Morgan fingerprint density at radius 3 is 2.50 bits per heavy atom. The van der Waals surface area contributed by atoms with Crippen molar-refractivity contribution in [2.24, 2.45) is 0 Å². The van der Waals surface area contributed by atoms with E-state index < -0.39 is 0 Å². The van der Waals surface area contributed by atoms with Crippen molar-refractivity contribution < 1.29 is 14.3 Å². The van der Waals surface area contributed by atoms with Crippen LogP contribution in [0.15, 0.2) is 41.8 Å². The predicted molar refractivity (Wildman–Crippen MR) is 105 cm³/mol. The van der Waals surface area contributed by atoms with E-state index in [-0.39, 0.29) is 18.1 Å². The van der Waals surface area contributed by atoms with Crippen LogP contribution in [-0.2, 0) is 16.1 Å². The maximum Gasteiger partial charge on any atom is 0.241 e. The van der Waals surface area contributed by atoms with Gasteiger partial charge in [-0.1, -0.05) is 6.07 Å². The molecule has 2 atom stereocenters.